The van der Waals surface area contributed by atoms with Gasteiger partial charge in [-0.15, -0.1) is 0 Å². The molecule has 1 saturated heterocycles. The minimum Gasteiger partial charge on any atom is -0.393 e. The molecule has 206 valence electrons. The van der Waals surface area contributed by atoms with Crippen LogP contribution in [-0.4, -0.2) is 62.4 Å². The van der Waals surface area contributed by atoms with E-state index in [0.29, 0.717) is 18.8 Å². The Hall–Kier alpha value is -2.57. The number of carbonyl (C=O) groups is 1. The van der Waals surface area contributed by atoms with Crippen LogP contribution < -0.4 is 15.8 Å². The Labute approximate surface area is 221 Å². The van der Waals surface area contributed by atoms with Gasteiger partial charge in [0.1, 0.15) is 5.69 Å². The molecule has 0 bridgehead atoms. The summed E-state index contributed by atoms with van der Waals surface area (Å²) in [4.78, 5) is 28.6. The lowest BCUT2D eigenvalue weighted by Gasteiger charge is -2.38. The largest absolute Gasteiger partial charge is 0.393 e. The van der Waals surface area contributed by atoms with E-state index < -0.39 is 65.5 Å². The summed E-state index contributed by atoms with van der Waals surface area (Å²) >= 11 is 0. The first-order valence-corrected chi connectivity index (χ1v) is 17.9. The number of benzene rings is 1. The molecule has 12 heteroatoms. The van der Waals surface area contributed by atoms with Crippen LogP contribution in [0.25, 0.3) is 0 Å². The molecule has 0 radical (unpaired) electrons. The zero-order chi connectivity index (χ0) is 27.5. The predicted molar refractivity (Wildman–Crippen MR) is 144 cm³/mol. The Balaban J connectivity index is 1.45. The van der Waals surface area contributed by atoms with Crippen LogP contribution >= 0.6 is 0 Å². The Kier molecular flexibility index (Phi) is 6.80. The molecular formula is C26H33F2N3O5SSi. The molecule has 1 aromatic carbocycles. The van der Waals surface area contributed by atoms with Crippen LogP contribution in [0.2, 0.25) is 25.2 Å². The molecule has 38 heavy (non-hydrogen) atoms. The molecule has 3 aliphatic rings. The predicted octanol–water partition coefficient (Wildman–Crippen LogP) is 3.90. The fourth-order valence-electron chi connectivity index (χ4n) is 5.39. The van der Waals surface area contributed by atoms with E-state index in [9.17, 15) is 31.9 Å². The van der Waals surface area contributed by atoms with Crippen LogP contribution in [0.15, 0.2) is 46.2 Å². The SMILES string of the molecule is C[Si]1(C)CCN(c2cc(S(=O)(=O)C3CC(O)C3)ccc2C(=O)Nc2cccn(C3CC(F)(F)C3)c2=O)CC1. The molecule has 2 aliphatic carbocycles. The summed E-state index contributed by atoms with van der Waals surface area (Å²) in [7, 11) is -5.03. The number of nitrogens with one attached hydrogen (secondary N) is 1. The summed E-state index contributed by atoms with van der Waals surface area (Å²) in [5.41, 5.74) is 0.147. The Bertz CT molecular complexity index is 1400. The van der Waals surface area contributed by atoms with Crippen molar-refractivity contribution in [1.82, 2.24) is 4.57 Å². The number of hydrogen-bond acceptors (Lipinski definition) is 6. The third kappa shape index (κ3) is 5.17. The number of carbonyl (C=O) groups excluding carboxylic acids is 1. The number of sulfone groups is 1. The molecule has 0 spiro atoms. The Morgan fingerprint density at radius 3 is 2.39 bits per heavy atom. The molecule has 3 fully saturated rings. The highest BCUT2D eigenvalue weighted by Gasteiger charge is 2.46. The number of alkyl halides is 2. The van der Waals surface area contributed by atoms with Gasteiger partial charge in [0.05, 0.1) is 35.6 Å². The second kappa shape index (κ2) is 9.56. The zero-order valence-electron chi connectivity index (χ0n) is 21.5. The number of hydrogen-bond donors (Lipinski definition) is 2. The van der Waals surface area contributed by atoms with Crippen molar-refractivity contribution >= 4 is 35.2 Å². The van der Waals surface area contributed by atoms with Crippen molar-refractivity contribution < 1.29 is 27.1 Å². The highest BCUT2D eigenvalue weighted by atomic mass is 32.2. The lowest BCUT2D eigenvalue weighted by atomic mass is 9.88. The molecule has 1 aliphatic heterocycles. The van der Waals surface area contributed by atoms with Gasteiger partial charge in [-0.05, 0) is 55.3 Å². The first kappa shape index (κ1) is 27.0. The van der Waals surface area contributed by atoms with Crippen LogP contribution in [0.4, 0.5) is 20.2 Å². The third-order valence-electron chi connectivity index (χ3n) is 8.19. The minimum absolute atomic E-state index is 0.0222. The van der Waals surface area contributed by atoms with E-state index in [0.717, 1.165) is 12.1 Å². The lowest BCUT2D eigenvalue weighted by molar-refractivity contribution is -0.104. The van der Waals surface area contributed by atoms with E-state index in [-0.39, 0.29) is 29.0 Å². The molecular weight excluding hydrogens is 532 g/mol. The fourth-order valence-corrected chi connectivity index (χ4v) is 9.26. The molecule has 2 saturated carbocycles. The van der Waals surface area contributed by atoms with Gasteiger partial charge in [0.15, 0.2) is 9.84 Å². The van der Waals surface area contributed by atoms with Crippen LogP contribution in [0.5, 0.6) is 0 Å². The number of aromatic nitrogens is 1. The zero-order valence-corrected chi connectivity index (χ0v) is 23.3. The molecule has 5 rings (SSSR count). The van der Waals surface area contributed by atoms with E-state index in [2.05, 4.69) is 18.4 Å². The number of pyridine rings is 1. The minimum atomic E-state index is -3.67. The topological polar surface area (TPSA) is 109 Å². The van der Waals surface area contributed by atoms with E-state index in [1.807, 2.05) is 4.90 Å². The maximum Gasteiger partial charge on any atom is 0.274 e. The molecule has 1 aromatic heterocycles. The third-order valence-corrected chi connectivity index (χ3v) is 13.5. The molecule has 0 unspecified atom stereocenters. The number of aliphatic hydroxyl groups excluding tert-OH is 1. The number of amides is 1. The van der Waals surface area contributed by atoms with Crippen molar-refractivity contribution in [1.29, 1.82) is 0 Å². The lowest BCUT2D eigenvalue weighted by Crippen LogP contribution is -2.43. The summed E-state index contributed by atoms with van der Waals surface area (Å²) in [5, 5.41) is 11.6. The number of halogens is 2. The van der Waals surface area contributed by atoms with Gasteiger partial charge < -0.3 is 19.9 Å². The van der Waals surface area contributed by atoms with Crippen molar-refractivity contribution in [3.8, 4) is 0 Å². The maximum atomic E-state index is 13.5. The normalized spacial score (nSPS) is 24.8. The average Bonchev–Trinajstić information content (AvgIpc) is 2.81. The molecule has 1 amide bonds. The first-order chi connectivity index (χ1) is 17.8. The van der Waals surface area contributed by atoms with Crippen LogP contribution in [-0.2, 0) is 9.84 Å². The number of aliphatic hydroxyl groups is 1. The van der Waals surface area contributed by atoms with Gasteiger partial charge in [0, 0.05) is 38.2 Å². The molecule has 0 atom stereocenters. The van der Waals surface area contributed by atoms with Crippen LogP contribution in [0.3, 0.4) is 0 Å². The first-order valence-electron chi connectivity index (χ1n) is 13.0. The molecule has 2 aromatic rings. The van der Waals surface area contributed by atoms with Gasteiger partial charge in [-0.2, -0.15) is 0 Å². The quantitative estimate of drug-likeness (QED) is 0.515. The number of nitrogens with zero attached hydrogens (tertiary/aromatic N) is 2. The molecule has 2 heterocycles. The average molecular weight is 566 g/mol. The summed E-state index contributed by atoms with van der Waals surface area (Å²) in [6.07, 6.45) is 0.371. The maximum absolute atomic E-state index is 13.5. The van der Waals surface area contributed by atoms with E-state index in [1.54, 1.807) is 0 Å². The summed E-state index contributed by atoms with van der Waals surface area (Å²) in [6, 6.07) is 8.75. The van der Waals surface area contributed by atoms with Gasteiger partial charge in [-0.25, -0.2) is 17.2 Å². The summed E-state index contributed by atoms with van der Waals surface area (Å²) in [6.45, 7) is 6.00. The summed E-state index contributed by atoms with van der Waals surface area (Å²) < 4.78 is 54.3. The Morgan fingerprint density at radius 1 is 1.13 bits per heavy atom. The molecule has 8 nitrogen and oxygen atoms in total. The van der Waals surface area contributed by atoms with Crippen molar-refractivity contribution in [3.05, 3.63) is 52.4 Å². The molecule has 2 N–H and O–H groups in total. The van der Waals surface area contributed by atoms with Gasteiger partial charge >= 0.3 is 0 Å². The van der Waals surface area contributed by atoms with Crippen LogP contribution in [0.1, 0.15) is 42.1 Å². The van der Waals surface area contributed by atoms with Crippen molar-refractivity contribution in [2.24, 2.45) is 0 Å². The van der Waals surface area contributed by atoms with E-state index in [4.69, 9.17) is 0 Å². The smallest absolute Gasteiger partial charge is 0.274 e. The van der Waals surface area contributed by atoms with Gasteiger partial charge in [0.25, 0.3) is 17.4 Å². The monoisotopic (exact) mass is 565 g/mol. The fraction of sp³-hybridized carbons (Fsp3) is 0.538. The van der Waals surface area contributed by atoms with Gasteiger partial charge in [-0.3, -0.25) is 9.59 Å². The van der Waals surface area contributed by atoms with Gasteiger partial charge in [0.2, 0.25) is 0 Å². The van der Waals surface area contributed by atoms with Crippen molar-refractivity contribution in [3.63, 3.8) is 0 Å². The summed E-state index contributed by atoms with van der Waals surface area (Å²) in [5.74, 6) is -3.36. The van der Waals surface area contributed by atoms with E-state index in [1.165, 1.54) is 41.1 Å². The Morgan fingerprint density at radius 2 is 1.79 bits per heavy atom. The second-order valence-electron chi connectivity index (χ2n) is 11.6. The van der Waals surface area contributed by atoms with Gasteiger partial charge in [-0.1, -0.05) is 13.1 Å². The highest BCUT2D eigenvalue weighted by Crippen LogP contribution is 2.45. The highest BCUT2D eigenvalue weighted by molar-refractivity contribution is 7.92. The van der Waals surface area contributed by atoms with Crippen molar-refractivity contribution in [2.75, 3.05) is 23.3 Å². The standard InChI is InChI=1S/C26H33F2N3O5SSi/c1-38(2)10-8-30(9-11-38)23-14-19(37(35,36)20-12-18(32)13-20)5-6-21(23)24(33)29-22-4-3-7-31(25(22)34)17-15-26(27,28)16-17/h3-7,14,17-18,20,32H,8-13,15-16H2,1-2H3,(H,29,33). The van der Waals surface area contributed by atoms with E-state index >= 15 is 0 Å². The number of anilines is 2. The van der Waals surface area contributed by atoms with Crippen molar-refractivity contribution in [2.45, 2.75) is 79.1 Å². The number of rotatable bonds is 6. The van der Waals surface area contributed by atoms with Crippen LogP contribution in [0, 0.1) is 0 Å². The second-order valence-corrected chi connectivity index (χ2v) is 19.2.